The van der Waals surface area contributed by atoms with E-state index in [0.717, 1.165) is 16.3 Å². The molecule has 0 aromatic heterocycles. The molecule has 1 unspecified atom stereocenters. The number of aliphatic imine (C=N–C) groups is 1. The average Bonchev–Trinajstić information content (AvgIpc) is 2.84. The highest BCUT2D eigenvalue weighted by atomic mass is 16.5. The first-order valence-corrected chi connectivity index (χ1v) is 10.9. The Bertz CT molecular complexity index is 1150. The fourth-order valence-corrected chi connectivity index (χ4v) is 3.43. The van der Waals surface area contributed by atoms with Crippen LogP contribution in [0, 0.1) is 0 Å². The molecule has 0 aliphatic heterocycles. The number of rotatable bonds is 10. The summed E-state index contributed by atoms with van der Waals surface area (Å²) >= 11 is 0. The molecule has 3 aromatic carbocycles. The van der Waals surface area contributed by atoms with Gasteiger partial charge in [0.15, 0.2) is 5.96 Å². The van der Waals surface area contributed by atoms with Crippen LogP contribution in [-0.4, -0.2) is 37.7 Å². The van der Waals surface area contributed by atoms with Crippen molar-refractivity contribution in [2.24, 2.45) is 16.5 Å². The van der Waals surface area contributed by atoms with Gasteiger partial charge in [0.05, 0.1) is 7.11 Å². The minimum Gasteiger partial charge on any atom is -0.496 e. The summed E-state index contributed by atoms with van der Waals surface area (Å²) in [6.07, 6.45) is 0.103. The number of hydrogen-bond donors (Lipinski definition) is 4. The summed E-state index contributed by atoms with van der Waals surface area (Å²) in [6.45, 7) is 0.424. The molecule has 9 nitrogen and oxygen atoms in total. The summed E-state index contributed by atoms with van der Waals surface area (Å²) in [5, 5.41) is 7.35. The molecule has 0 heterocycles. The molecule has 9 heteroatoms. The number of hydrogen-bond acceptors (Lipinski definition) is 5. The Balaban J connectivity index is 1.69. The molecular weight excluding hydrogens is 434 g/mol. The summed E-state index contributed by atoms with van der Waals surface area (Å²) in [6, 6.07) is 19.7. The van der Waals surface area contributed by atoms with Crippen molar-refractivity contribution in [3.05, 3.63) is 72.3 Å². The highest BCUT2D eigenvalue weighted by molar-refractivity contribution is 6.00. The van der Waals surface area contributed by atoms with Crippen molar-refractivity contribution in [1.82, 2.24) is 5.32 Å². The summed E-state index contributed by atoms with van der Waals surface area (Å²) in [5.41, 5.74) is 12.1. The molecule has 0 bridgehead atoms. The molecule has 178 valence electrons. The van der Waals surface area contributed by atoms with E-state index >= 15 is 0 Å². The molecular formula is C25H29N5O4. The highest BCUT2D eigenvalue weighted by Crippen LogP contribution is 2.29. The van der Waals surface area contributed by atoms with Gasteiger partial charge < -0.3 is 31.6 Å². The Labute approximate surface area is 198 Å². The Morgan fingerprint density at radius 1 is 1.03 bits per heavy atom. The molecule has 3 aromatic rings. The van der Waals surface area contributed by atoms with E-state index in [1.807, 2.05) is 60.7 Å². The fourth-order valence-electron chi connectivity index (χ4n) is 3.43. The van der Waals surface area contributed by atoms with Crippen molar-refractivity contribution in [3.63, 3.8) is 0 Å². The van der Waals surface area contributed by atoms with Gasteiger partial charge in [-0.15, -0.1) is 0 Å². The number of ether oxygens (including phenoxy) is 2. The maximum absolute atomic E-state index is 13.1. The lowest BCUT2D eigenvalue weighted by atomic mass is 10.1. The average molecular weight is 464 g/mol. The second-order valence-electron chi connectivity index (χ2n) is 7.60. The number of amides is 2. The predicted molar refractivity (Wildman–Crippen MR) is 133 cm³/mol. The van der Waals surface area contributed by atoms with Gasteiger partial charge in [-0.05, 0) is 29.9 Å². The fraction of sp³-hybridized carbons (Fsp3) is 0.240. The third-order valence-electron chi connectivity index (χ3n) is 5.08. The van der Waals surface area contributed by atoms with Gasteiger partial charge >= 0.3 is 6.09 Å². The number of nitrogens with two attached hydrogens (primary N) is 2. The Morgan fingerprint density at radius 2 is 1.76 bits per heavy atom. The third kappa shape index (κ3) is 7.13. The topological polar surface area (TPSA) is 141 Å². The standard InChI is InChI=1S/C25H29N5O4/c1-33-22-15-19(14-18-10-5-6-11-20(18)22)29-23(31)21(12-7-13-28-24(26)27)30-25(32)34-16-17-8-3-2-4-9-17/h2-6,8-11,14-15,21H,7,12-13,16H2,1H3,(H,29,31)(H,30,32)(H4,26,27,28). The van der Waals surface area contributed by atoms with Crippen LogP contribution in [0.1, 0.15) is 18.4 Å². The molecule has 3 rings (SSSR count). The molecule has 0 spiro atoms. The van der Waals surface area contributed by atoms with E-state index in [1.54, 1.807) is 13.2 Å². The molecule has 0 radical (unpaired) electrons. The first-order valence-electron chi connectivity index (χ1n) is 10.9. The molecule has 1 atom stereocenters. The van der Waals surface area contributed by atoms with Crippen molar-refractivity contribution in [2.45, 2.75) is 25.5 Å². The predicted octanol–water partition coefficient (Wildman–Crippen LogP) is 3.14. The van der Waals surface area contributed by atoms with E-state index in [0.29, 0.717) is 30.8 Å². The maximum Gasteiger partial charge on any atom is 0.408 e. The second-order valence-corrected chi connectivity index (χ2v) is 7.60. The third-order valence-corrected chi connectivity index (χ3v) is 5.08. The van der Waals surface area contributed by atoms with Crippen molar-refractivity contribution in [2.75, 3.05) is 19.0 Å². The zero-order valence-corrected chi connectivity index (χ0v) is 19.0. The van der Waals surface area contributed by atoms with E-state index in [4.69, 9.17) is 20.9 Å². The van der Waals surface area contributed by atoms with Crippen LogP contribution in [0.3, 0.4) is 0 Å². The minimum absolute atomic E-state index is 0.0282. The molecule has 6 N–H and O–H groups in total. The monoisotopic (exact) mass is 463 g/mol. The van der Waals surface area contributed by atoms with E-state index in [9.17, 15) is 9.59 Å². The number of carbonyl (C=O) groups is 2. The van der Waals surface area contributed by atoms with Crippen LogP contribution in [0.5, 0.6) is 5.75 Å². The Kier molecular flexibility index (Phi) is 8.67. The maximum atomic E-state index is 13.1. The summed E-state index contributed by atoms with van der Waals surface area (Å²) < 4.78 is 10.8. The van der Waals surface area contributed by atoms with Gasteiger partial charge in [-0.3, -0.25) is 9.79 Å². The molecule has 0 saturated carbocycles. The van der Waals surface area contributed by atoms with Crippen LogP contribution in [0.15, 0.2) is 71.7 Å². The van der Waals surface area contributed by atoms with Crippen LogP contribution in [-0.2, 0) is 16.1 Å². The molecule has 0 aliphatic rings. The lowest BCUT2D eigenvalue weighted by Crippen LogP contribution is -2.44. The van der Waals surface area contributed by atoms with Crippen LogP contribution in [0.4, 0.5) is 10.5 Å². The minimum atomic E-state index is -0.852. The van der Waals surface area contributed by atoms with Gasteiger partial charge in [-0.1, -0.05) is 54.6 Å². The number of guanidine groups is 1. The number of carbonyl (C=O) groups excluding carboxylic acids is 2. The number of anilines is 1. The highest BCUT2D eigenvalue weighted by Gasteiger charge is 2.22. The first kappa shape index (κ1) is 24.4. The van der Waals surface area contributed by atoms with Gasteiger partial charge in [0, 0.05) is 23.7 Å². The molecule has 0 aliphatic carbocycles. The lowest BCUT2D eigenvalue weighted by molar-refractivity contribution is -0.118. The van der Waals surface area contributed by atoms with Gasteiger partial charge in [0.1, 0.15) is 18.4 Å². The van der Waals surface area contributed by atoms with Crippen molar-refractivity contribution < 1.29 is 19.1 Å². The lowest BCUT2D eigenvalue weighted by Gasteiger charge is -2.19. The second kappa shape index (κ2) is 12.1. The largest absolute Gasteiger partial charge is 0.496 e. The van der Waals surface area contributed by atoms with Crippen LogP contribution in [0.2, 0.25) is 0 Å². The zero-order chi connectivity index (χ0) is 24.3. The van der Waals surface area contributed by atoms with Crippen molar-refractivity contribution in [3.8, 4) is 5.75 Å². The van der Waals surface area contributed by atoms with Crippen molar-refractivity contribution >= 4 is 34.4 Å². The molecule has 34 heavy (non-hydrogen) atoms. The van der Waals surface area contributed by atoms with E-state index in [2.05, 4.69) is 15.6 Å². The number of alkyl carbamates (subject to hydrolysis) is 1. The quantitative estimate of drug-likeness (QED) is 0.207. The number of nitrogens with one attached hydrogen (secondary N) is 2. The SMILES string of the molecule is COc1cc(NC(=O)C(CCCN=C(N)N)NC(=O)OCc2ccccc2)cc2ccccc12. The number of benzene rings is 3. The van der Waals surface area contributed by atoms with Gasteiger partial charge in [0.25, 0.3) is 0 Å². The number of nitrogens with zero attached hydrogens (tertiary/aromatic N) is 1. The Hall–Kier alpha value is -4.27. The molecule has 0 saturated heterocycles. The summed E-state index contributed by atoms with van der Waals surface area (Å²) in [7, 11) is 1.57. The molecule has 2 amide bonds. The van der Waals surface area contributed by atoms with Crippen LogP contribution in [0.25, 0.3) is 10.8 Å². The summed E-state index contributed by atoms with van der Waals surface area (Å²) in [5.74, 6) is 0.214. The first-order chi connectivity index (χ1) is 16.5. The van der Waals surface area contributed by atoms with Crippen LogP contribution >= 0.6 is 0 Å². The zero-order valence-electron chi connectivity index (χ0n) is 19.0. The van der Waals surface area contributed by atoms with Crippen LogP contribution < -0.4 is 26.8 Å². The number of fused-ring (bicyclic) bond motifs is 1. The smallest absolute Gasteiger partial charge is 0.408 e. The molecule has 0 fully saturated rings. The van der Waals surface area contributed by atoms with E-state index in [-0.39, 0.29) is 12.6 Å². The normalized spacial score (nSPS) is 11.3. The van der Waals surface area contributed by atoms with Gasteiger partial charge in [-0.25, -0.2) is 4.79 Å². The van der Waals surface area contributed by atoms with Gasteiger partial charge in [0.2, 0.25) is 5.91 Å². The van der Waals surface area contributed by atoms with Crippen molar-refractivity contribution in [1.29, 1.82) is 0 Å². The Morgan fingerprint density at radius 3 is 2.50 bits per heavy atom. The van der Waals surface area contributed by atoms with Gasteiger partial charge in [-0.2, -0.15) is 0 Å². The number of methoxy groups -OCH3 is 1. The van der Waals surface area contributed by atoms with E-state index in [1.165, 1.54) is 0 Å². The van der Waals surface area contributed by atoms with E-state index < -0.39 is 18.0 Å². The summed E-state index contributed by atoms with van der Waals surface area (Å²) in [4.78, 5) is 29.4.